The fourth-order valence-electron chi connectivity index (χ4n) is 5.72. The van der Waals surface area contributed by atoms with Crippen molar-refractivity contribution in [1.29, 1.82) is 0 Å². The van der Waals surface area contributed by atoms with E-state index in [2.05, 4.69) is 20.2 Å². The molecule has 45 heavy (non-hydrogen) atoms. The SMILES string of the molecule is CC(C)C(=O)c1cnc2ccc(-c3cc(F)c(O)c(Cl)c3)nc2c1Nc1ccc(N2CCCC(N(C(=O)O)C(C)(C)C)C2)nc1. The number of pyridine rings is 3. The first kappa shape index (κ1) is 31.9. The number of ketones is 1. The lowest BCUT2D eigenvalue weighted by atomic mass is 9.97. The number of benzene rings is 1. The number of aromatic hydroxyl groups is 1. The highest BCUT2D eigenvalue weighted by atomic mass is 35.5. The smallest absolute Gasteiger partial charge is 0.408 e. The van der Waals surface area contributed by atoms with Gasteiger partial charge < -0.3 is 20.4 Å². The summed E-state index contributed by atoms with van der Waals surface area (Å²) in [6.07, 6.45) is 3.85. The van der Waals surface area contributed by atoms with Gasteiger partial charge >= 0.3 is 6.09 Å². The van der Waals surface area contributed by atoms with Crippen LogP contribution < -0.4 is 10.2 Å². The number of amides is 1. The molecule has 0 aliphatic carbocycles. The fraction of sp³-hybridized carbons (Fsp3) is 0.364. The highest BCUT2D eigenvalue weighted by Crippen LogP contribution is 2.35. The topological polar surface area (TPSA) is 132 Å². The van der Waals surface area contributed by atoms with E-state index >= 15 is 0 Å². The summed E-state index contributed by atoms with van der Waals surface area (Å²) >= 11 is 6.03. The Morgan fingerprint density at radius 1 is 1.13 bits per heavy atom. The lowest BCUT2D eigenvalue weighted by Crippen LogP contribution is -2.57. The molecule has 1 aliphatic heterocycles. The Morgan fingerprint density at radius 2 is 1.89 bits per heavy atom. The van der Waals surface area contributed by atoms with Crippen LogP contribution >= 0.6 is 11.6 Å². The molecule has 4 heterocycles. The van der Waals surface area contributed by atoms with Gasteiger partial charge in [-0.15, -0.1) is 0 Å². The first-order valence-corrected chi connectivity index (χ1v) is 15.1. The molecule has 1 fully saturated rings. The molecule has 1 saturated heterocycles. The quantitative estimate of drug-likeness (QED) is 0.177. The van der Waals surface area contributed by atoms with Crippen LogP contribution in [0, 0.1) is 11.7 Å². The van der Waals surface area contributed by atoms with Crippen LogP contribution in [0.15, 0.2) is 48.8 Å². The van der Waals surface area contributed by atoms with Gasteiger partial charge in [0, 0.05) is 36.3 Å². The number of phenols is 1. The average molecular weight is 635 g/mol. The van der Waals surface area contributed by atoms with Crippen LogP contribution in [0.5, 0.6) is 5.75 Å². The number of fused-ring (bicyclic) bond motifs is 1. The zero-order valence-electron chi connectivity index (χ0n) is 25.8. The maximum Gasteiger partial charge on any atom is 0.408 e. The molecule has 1 aromatic carbocycles. The fourth-order valence-corrected chi connectivity index (χ4v) is 5.93. The number of phenolic OH excluding ortho intramolecular Hbond substituents is 1. The molecule has 1 amide bonds. The van der Waals surface area contributed by atoms with Crippen molar-refractivity contribution >= 4 is 51.7 Å². The van der Waals surface area contributed by atoms with Crippen molar-refractivity contribution in [2.75, 3.05) is 23.3 Å². The normalized spacial score (nSPS) is 15.4. The Hall–Kier alpha value is -4.51. The molecule has 0 bridgehead atoms. The van der Waals surface area contributed by atoms with Gasteiger partial charge in [-0.2, -0.15) is 0 Å². The van der Waals surface area contributed by atoms with Gasteiger partial charge in [0.25, 0.3) is 0 Å². The summed E-state index contributed by atoms with van der Waals surface area (Å²) in [6.45, 7) is 10.6. The molecule has 1 unspecified atom stereocenters. The Kier molecular flexibility index (Phi) is 8.84. The molecule has 236 valence electrons. The number of anilines is 3. The molecule has 0 radical (unpaired) electrons. The third kappa shape index (κ3) is 6.63. The summed E-state index contributed by atoms with van der Waals surface area (Å²) in [7, 11) is 0. The van der Waals surface area contributed by atoms with E-state index in [-0.39, 0.29) is 22.8 Å². The number of nitrogens with zero attached hydrogens (tertiary/aromatic N) is 5. The molecule has 1 aliphatic rings. The number of piperidine rings is 1. The van der Waals surface area contributed by atoms with Crippen LogP contribution in [0.2, 0.25) is 5.02 Å². The van der Waals surface area contributed by atoms with Gasteiger partial charge in [0.2, 0.25) is 0 Å². The Labute approximate surface area is 265 Å². The van der Waals surface area contributed by atoms with E-state index in [4.69, 9.17) is 16.6 Å². The second kappa shape index (κ2) is 12.5. The third-order valence-corrected chi connectivity index (χ3v) is 8.14. The molecule has 3 N–H and O–H groups in total. The van der Waals surface area contributed by atoms with Crippen LogP contribution in [-0.4, -0.2) is 66.6 Å². The van der Waals surface area contributed by atoms with E-state index in [1.807, 2.05) is 32.9 Å². The molecule has 4 aromatic rings. The summed E-state index contributed by atoms with van der Waals surface area (Å²) in [5.74, 6) is -1.25. The van der Waals surface area contributed by atoms with Gasteiger partial charge in [-0.3, -0.25) is 14.7 Å². The van der Waals surface area contributed by atoms with Crippen LogP contribution in [0.3, 0.4) is 0 Å². The van der Waals surface area contributed by atoms with Crippen molar-refractivity contribution in [2.24, 2.45) is 5.92 Å². The lowest BCUT2D eigenvalue weighted by molar-refractivity contribution is 0.0647. The summed E-state index contributed by atoms with van der Waals surface area (Å²) in [5.41, 5.74) is 2.47. The van der Waals surface area contributed by atoms with E-state index < -0.39 is 23.2 Å². The zero-order chi connectivity index (χ0) is 32.6. The Balaban J connectivity index is 1.49. The predicted octanol–water partition coefficient (Wildman–Crippen LogP) is 7.52. The Bertz CT molecular complexity index is 1740. The number of hydrogen-bond acceptors (Lipinski definition) is 8. The molecule has 3 aromatic heterocycles. The molecule has 12 heteroatoms. The summed E-state index contributed by atoms with van der Waals surface area (Å²) in [6, 6.07) is 9.49. The van der Waals surface area contributed by atoms with Gasteiger partial charge in [0.1, 0.15) is 11.3 Å². The van der Waals surface area contributed by atoms with Crippen LogP contribution in [-0.2, 0) is 0 Å². The number of hydrogen-bond donors (Lipinski definition) is 3. The minimum atomic E-state index is -0.936. The van der Waals surface area contributed by atoms with E-state index in [1.54, 1.807) is 32.2 Å². The third-order valence-electron chi connectivity index (χ3n) is 7.85. The van der Waals surface area contributed by atoms with Crippen molar-refractivity contribution in [1.82, 2.24) is 19.9 Å². The highest BCUT2D eigenvalue weighted by Gasteiger charge is 2.36. The minimum absolute atomic E-state index is 0.136. The maximum absolute atomic E-state index is 14.3. The van der Waals surface area contributed by atoms with Crippen LogP contribution in [0.1, 0.15) is 57.8 Å². The van der Waals surface area contributed by atoms with Crippen LogP contribution in [0.25, 0.3) is 22.3 Å². The number of carboxylic acid groups (broad SMARTS) is 1. The number of rotatable bonds is 7. The van der Waals surface area contributed by atoms with E-state index in [0.29, 0.717) is 51.6 Å². The average Bonchev–Trinajstić information content (AvgIpc) is 2.98. The Morgan fingerprint density at radius 3 is 2.51 bits per heavy atom. The lowest BCUT2D eigenvalue weighted by Gasteiger charge is -2.44. The molecule has 0 saturated carbocycles. The maximum atomic E-state index is 14.3. The monoisotopic (exact) mass is 634 g/mol. The largest absolute Gasteiger partial charge is 0.504 e. The van der Waals surface area contributed by atoms with Gasteiger partial charge in [0.15, 0.2) is 17.3 Å². The van der Waals surface area contributed by atoms with Gasteiger partial charge in [0.05, 0.1) is 45.4 Å². The van der Waals surface area contributed by atoms with E-state index in [9.17, 15) is 24.2 Å². The van der Waals surface area contributed by atoms with E-state index in [0.717, 1.165) is 25.5 Å². The summed E-state index contributed by atoms with van der Waals surface area (Å²) in [4.78, 5) is 42.9. The van der Waals surface area contributed by atoms with E-state index in [1.165, 1.54) is 17.2 Å². The molecule has 5 rings (SSSR count). The van der Waals surface area contributed by atoms with Crippen molar-refractivity contribution in [3.63, 3.8) is 0 Å². The standard InChI is InChI=1S/C33H36ClFN6O4/c1-18(2)30(42)22-16-36-26-10-9-25(19-13-23(34)31(43)24(35)14-19)39-29(26)28(22)38-20-8-11-27(37-15-20)40-12-6-7-21(17-40)41(32(44)45)33(3,4)5/h8-11,13-16,18,21,43H,6-7,12,17H2,1-5H3,(H,36,38)(H,44,45). The number of nitrogens with one attached hydrogen (secondary N) is 1. The molecule has 0 spiro atoms. The van der Waals surface area contributed by atoms with Crippen molar-refractivity contribution in [3.8, 4) is 17.0 Å². The first-order chi connectivity index (χ1) is 21.2. The number of carbonyl (C=O) groups is 2. The molecular formula is C33H36ClFN6O4. The first-order valence-electron chi connectivity index (χ1n) is 14.8. The molecule has 10 nitrogen and oxygen atoms in total. The minimum Gasteiger partial charge on any atom is -0.504 e. The molecular weight excluding hydrogens is 599 g/mol. The number of halogens is 2. The van der Waals surface area contributed by atoms with Crippen LogP contribution in [0.4, 0.5) is 26.4 Å². The second-order valence-corrected chi connectivity index (χ2v) is 12.9. The number of carbonyl (C=O) groups excluding carboxylic acids is 1. The number of aromatic nitrogens is 3. The highest BCUT2D eigenvalue weighted by molar-refractivity contribution is 6.32. The number of Topliss-reactive ketones (excluding diaryl/α,β-unsaturated/α-hetero) is 1. The van der Waals surface area contributed by atoms with Gasteiger partial charge in [-0.05, 0) is 70.0 Å². The van der Waals surface area contributed by atoms with Crippen molar-refractivity contribution < 1.29 is 24.2 Å². The second-order valence-electron chi connectivity index (χ2n) is 12.5. The van der Waals surface area contributed by atoms with Crippen molar-refractivity contribution in [2.45, 2.75) is 59.0 Å². The van der Waals surface area contributed by atoms with Gasteiger partial charge in [-0.1, -0.05) is 25.4 Å². The van der Waals surface area contributed by atoms with Gasteiger partial charge in [-0.25, -0.2) is 19.2 Å². The summed E-state index contributed by atoms with van der Waals surface area (Å²) < 4.78 is 14.3. The zero-order valence-corrected chi connectivity index (χ0v) is 26.6. The van der Waals surface area contributed by atoms with Crippen molar-refractivity contribution in [3.05, 3.63) is 65.2 Å². The molecule has 1 atom stereocenters. The summed E-state index contributed by atoms with van der Waals surface area (Å²) in [5, 5.41) is 22.9. The predicted molar refractivity (Wildman–Crippen MR) is 173 cm³/mol.